The second-order valence-corrected chi connectivity index (χ2v) is 1.74. The highest BCUT2D eigenvalue weighted by Gasteiger charge is 1.76. The molecule has 0 aliphatic rings. The number of hydrogen-bond donors (Lipinski definition) is 0. The topological polar surface area (TPSA) is 24.7 Å². The first kappa shape index (κ1) is 8.08. The summed E-state index contributed by atoms with van der Waals surface area (Å²) in [5, 5.41) is 6.95. The van der Waals surface area contributed by atoms with Crippen LogP contribution < -0.4 is 0 Å². The molecule has 2 heteroatoms. The summed E-state index contributed by atoms with van der Waals surface area (Å²) < 4.78 is 0. The average Bonchev–Trinajstić information content (AvgIpc) is 1.85. The molecule has 0 saturated heterocycles. The maximum atomic E-state index is 3.61. The van der Waals surface area contributed by atoms with Crippen molar-refractivity contribution in [2.24, 2.45) is 10.2 Å². The normalized spacial score (nSPS) is 12.4. The summed E-state index contributed by atoms with van der Waals surface area (Å²) in [6.07, 6.45) is 4.81. The van der Waals surface area contributed by atoms with Gasteiger partial charge in [0.1, 0.15) is 0 Å². The van der Waals surface area contributed by atoms with Crippen LogP contribution in [0.5, 0.6) is 0 Å². The summed E-state index contributed by atoms with van der Waals surface area (Å²) in [6, 6.07) is 0. The molecule has 0 spiro atoms. The highest BCUT2D eigenvalue weighted by molar-refractivity contribution is 5.77. The van der Waals surface area contributed by atoms with Crippen LogP contribution in [-0.4, -0.2) is 12.9 Å². The molecule has 0 atom stereocenters. The highest BCUT2D eigenvalue weighted by Crippen LogP contribution is 1.89. The molecule has 0 amide bonds. The van der Waals surface area contributed by atoms with E-state index in [9.17, 15) is 0 Å². The van der Waals surface area contributed by atoms with Crippen LogP contribution >= 0.6 is 0 Å². The van der Waals surface area contributed by atoms with Crippen molar-refractivity contribution >= 4 is 12.9 Å². The van der Waals surface area contributed by atoms with Gasteiger partial charge < -0.3 is 0 Å². The minimum absolute atomic E-state index is 1.04. The van der Waals surface area contributed by atoms with Crippen LogP contribution in [0.4, 0.5) is 0 Å². The molecule has 2 nitrogen and oxygen atoms in total. The van der Waals surface area contributed by atoms with E-state index in [1.54, 1.807) is 6.21 Å². The molecule has 0 fully saturated rings. The molecule has 0 saturated carbocycles. The predicted octanol–water partition coefficient (Wildman–Crippen LogP) is 2.03. The third-order valence-electron chi connectivity index (χ3n) is 0.869. The summed E-state index contributed by atoms with van der Waals surface area (Å²) in [5.74, 6) is 0. The minimum atomic E-state index is 1.04. The van der Waals surface area contributed by atoms with Crippen molar-refractivity contribution in [2.45, 2.75) is 20.3 Å². The number of hydrogen-bond acceptors (Lipinski definition) is 2. The fourth-order valence-electron chi connectivity index (χ4n) is 0.507. The van der Waals surface area contributed by atoms with E-state index in [0.29, 0.717) is 0 Å². The number of rotatable bonds is 3. The lowest BCUT2D eigenvalue weighted by Crippen LogP contribution is -1.74. The molecule has 9 heavy (non-hydrogen) atoms. The molecule has 0 aromatic carbocycles. The van der Waals surface area contributed by atoms with Gasteiger partial charge in [-0.1, -0.05) is 13.0 Å². The van der Waals surface area contributed by atoms with Gasteiger partial charge in [-0.2, -0.15) is 10.2 Å². The van der Waals surface area contributed by atoms with Crippen molar-refractivity contribution in [3.05, 3.63) is 11.6 Å². The maximum absolute atomic E-state index is 3.61. The van der Waals surface area contributed by atoms with Crippen molar-refractivity contribution < 1.29 is 0 Å². The largest absolute Gasteiger partial charge is 0.167 e. The molecular formula is C7H12N2. The van der Waals surface area contributed by atoms with Gasteiger partial charge in [-0.05, 0) is 18.9 Å². The Balaban J connectivity index is 3.74. The predicted molar refractivity (Wildman–Crippen MR) is 42.1 cm³/mol. The SMILES string of the molecule is C=N/N=C\C(C)=C/CC. The van der Waals surface area contributed by atoms with Gasteiger partial charge in [0.2, 0.25) is 0 Å². The Bertz CT molecular complexity index is 134. The van der Waals surface area contributed by atoms with Crippen LogP contribution in [0.15, 0.2) is 21.9 Å². The quantitative estimate of drug-likeness (QED) is 0.406. The molecular weight excluding hydrogens is 112 g/mol. The van der Waals surface area contributed by atoms with Crippen LogP contribution in [0.2, 0.25) is 0 Å². The third kappa shape index (κ3) is 4.94. The minimum Gasteiger partial charge on any atom is -0.167 e. The zero-order chi connectivity index (χ0) is 7.11. The lowest BCUT2D eigenvalue weighted by molar-refractivity contribution is 1.20. The second-order valence-electron chi connectivity index (χ2n) is 1.74. The summed E-state index contributed by atoms with van der Waals surface area (Å²) in [6.45, 7) is 7.28. The molecule has 50 valence electrons. The van der Waals surface area contributed by atoms with E-state index >= 15 is 0 Å². The lowest BCUT2D eigenvalue weighted by atomic mass is 10.3. The monoisotopic (exact) mass is 124 g/mol. The Morgan fingerprint density at radius 3 is 2.78 bits per heavy atom. The molecule has 0 unspecified atom stereocenters. The third-order valence-corrected chi connectivity index (χ3v) is 0.869. The maximum Gasteiger partial charge on any atom is 0.0521 e. The Morgan fingerprint density at radius 2 is 2.33 bits per heavy atom. The van der Waals surface area contributed by atoms with E-state index in [1.165, 1.54) is 0 Å². The molecule has 0 rings (SSSR count). The average molecular weight is 124 g/mol. The Morgan fingerprint density at radius 1 is 1.67 bits per heavy atom. The standard InChI is InChI=1S/C7H12N2/c1-4-5-7(2)6-9-8-3/h5-6H,3-4H2,1-2H3/b7-5-,9-6-. The van der Waals surface area contributed by atoms with E-state index in [1.807, 2.05) is 6.92 Å². The second kappa shape index (κ2) is 5.22. The van der Waals surface area contributed by atoms with Crippen LogP contribution in [0.3, 0.4) is 0 Å². The molecule has 0 aliphatic heterocycles. The van der Waals surface area contributed by atoms with Gasteiger partial charge in [-0.3, -0.25) is 0 Å². The van der Waals surface area contributed by atoms with Crippen LogP contribution in [-0.2, 0) is 0 Å². The van der Waals surface area contributed by atoms with Crippen LogP contribution in [0.1, 0.15) is 20.3 Å². The molecule has 0 aliphatic carbocycles. The molecule has 0 aromatic heterocycles. The smallest absolute Gasteiger partial charge is 0.0521 e. The van der Waals surface area contributed by atoms with Gasteiger partial charge in [0.25, 0.3) is 0 Å². The first-order valence-electron chi connectivity index (χ1n) is 2.97. The van der Waals surface area contributed by atoms with Gasteiger partial charge >= 0.3 is 0 Å². The van der Waals surface area contributed by atoms with E-state index in [4.69, 9.17) is 0 Å². The summed E-state index contributed by atoms with van der Waals surface area (Å²) >= 11 is 0. The summed E-state index contributed by atoms with van der Waals surface area (Å²) in [5.41, 5.74) is 1.13. The van der Waals surface area contributed by atoms with Gasteiger partial charge in [0.15, 0.2) is 0 Å². The van der Waals surface area contributed by atoms with Crippen molar-refractivity contribution in [3.63, 3.8) is 0 Å². The van der Waals surface area contributed by atoms with Crippen LogP contribution in [0, 0.1) is 0 Å². The van der Waals surface area contributed by atoms with Gasteiger partial charge in [-0.15, -0.1) is 0 Å². The first-order chi connectivity index (χ1) is 4.31. The Kier molecular flexibility index (Phi) is 4.69. The van der Waals surface area contributed by atoms with E-state index in [0.717, 1.165) is 12.0 Å². The summed E-state index contributed by atoms with van der Waals surface area (Å²) in [4.78, 5) is 0. The van der Waals surface area contributed by atoms with Crippen LogP contribution in [0.25, 0.3) is 0 Å². The highest BCUT2D eigenvalue weighted by atomic mass is 15.2. The molecule has 0 aromatic rings. The molecule has 0 radical (unpaired) electrons. The fourth-order valence-corrected chi connectivity index (χ4v) is 0.507. The Labute approximate surface area is 56.0 Å². The number of nitrogens with zero attached hydrogens (tertiary/aromatic N) is 2. The van der Waals surface area contributed by atoms with E-state index in [-0.39, 0.29) is 0 Å². The Hall–Kier alpha value is -0.920. The molecule has 0 bridgehead atoms. The van der Waals surface area contributed by atoms with Crippen molar-refractivity contribution in [2.75, 3.05) is 0 Å². The summed E-state index contributed by atoms with van der Waals surface area (Å²) in [7, 11) is 0. The van der Waals surface area contributed by atoms with E-state index < -0.39 is 0 Å². The zero-order valence-electron chi connectivity index (χ0n) is 5.96. The van der Waals surface area contributed by atoms with Gasteiger partial charge in [0.05, 0.1) is 6.21 Å². The van der Waals surface area contributed by atoms with Crippen molar-refractivity contribution in [3.8, 4) is 0 Å². The molecule has 0 N–H and O–H groups in total. The number of allylic oxidation sites excluding steroid dienone is 2. The fraction of sp³-hybridized carbons (Fsp3) is 0.429. The van der Waals surface area contributed by atoms with Crippen molar-refractivity contribution in [1.29, 1.82) is 0 Å². The molecule has 0 heterocycles. The van der Waals surface area contributed by atoms with Crippen molar-refractivity contribution in [1.82, 2.24) is 0 Å². The lowest BCUT2D eigenvalue weighted by Gasteiger charge is -1.84. The first-order valence-corrected chi connectivity index (χ1v) is 2.97. The van der Waals surface area contributed by atoms with Gasteiger partial charge in [-0.25, -0.2) is 0 Å². The van der Waals surface area contributed by atoms with E-state index in [2.05, 4.69) is 29.9 Å². The zero-order valence-corrected chi connectivity index (χ0v) is 5.96. The van der Waals surface area contributed by atoms with Gasteiger partial charge in [0, 0.05) is 6.72 Å².